The Morgan fingerprint density at radius 1 is 1.09 bits per heavy atom. The van der Waals surface area contributed by atoms with Crippen LogP contribution >= 0.6 is 11.8 Å². The van der Waals surface area contributed by atoms with Gasteiger partial charge in [-0.05, 0) is 43.7 Å². The van der Waals surface area contributed by atoms with E-state index in [0.717, 1.165) is 10.5 Å². The number of hydrogen-bond donors (Lipinski definition) is 2. The van der Waals surface area contributed by atoms with Gasteiger partial charge < -0.3 is 19.9 Å². The molecule has 0 aliphatic heterocycles. The minimum absolute atomic E-state index is 0.267. The van der Waals surface area contributed by atoms with Gasteiger partial charge in [0.15, 0.2) is 5.65 Å². The molecule has 4 rings (SSSR count). The molecule has 2 aromatic heterocycles. The van der Waals surface area contributed by atoms with Crippen molar-refractivity contribution in [3.63, 3.8) is 0 Å². The molecule has 0 saturated carbocycles. The van der Waals surface area contributed by atoms with Crippen molar-refractivity contribution in [2.24, 2.45) is 0 Å². The topological polar surface area (TPSA) is 97.9 Å². The summed E-state index contributed by atoms with van der Waals surface area (Å²) >= 11 is 1.47. The molecule has 2 amide bonds. The SMILES string of the molecule is COc1ccc(C)cc1NC(=O)Nc1ccccc1SCc1cc(=O)n2oc(C)cc2n1. The maximum atomic E-state index is 12.6. The first-order chi connectivity index (χ1) is 15.4. The summed E-state index contributed by atoms with van der Waals surface area (Å²) in [5.41, 5.74) is 3.08. The minimum Gasteiger partial charge on any atom is -0.495 e. The van der Waals surface area contributed by atoms with E-state index in [4.69, 9.17) is 9.26 Å². The molecule has 8 nitrogen and oxygen atoms in total. The summed E-state index contributed by atoms with van der Waals surface area (Å²) in [5, 5.41) is 5.71. The van der Waals surface area contributed by atoms with E-state index in [0.29, 0.717) is 40.0 Å². The Hall–Kier alpha value is -3.72. The van der Waals surface area contributed by atoms with Crippen LogP contribution in [-0.2, 0) is 5.75 Å². The van der Waals surface area contributed by atoms with Crippen molar-refractivity contribution < 1.29 is 14.1 Å². The van der Waals surface area contributed by atoms with Crippen LogP contribution in [-0.4, -0.2) is 22.7 Å². The molecule has 0 bridgehead atoms. The minimum atomic E-state index is -0.381. The highest BCUT2D eigenvalue weighted by Gasteiger charge is 2.12. The number of aromatic nitrogens is 2. The van der Waals surface area contributed by atoms with E-state index in [-0.39, 0.29) is 11.6 Å². The van der Waals surface area contributed by atoms with Gasteiger partial charge in [-0.25, -0.2) is 9.78 Å². The molecule has 164 valence electrons. The largest absolute Gasteiger partial charge is 0.495 e. The van der Waals surface area contributed by atoms with Gasteiger partial charge in [0, 0.05) is 22.8 Å². The lowest BCUT2D eigenvalue weighted by molar-refractivity contribution is 0.262. The third kappa shape index (κ3) is 4.78. The van der Waals surface area contributed by atoms with E-state index in [1.165, 1.54) is 22.4 Å². The first kappa shape index (κ1) is 21.5. The summed E-state index contributed by atoms with van der Waals surface area (Å²) in [7, 11) is 1.56. The number of fused-ring (bicyclic) bond motifs is 1. The maximum Gasteiger partial charge on any atom is 0.323 e. The molecule has 0 fully saturated rings. The van der Waals surface area contributed by atoms with Crippen LogP contribution in [0, 0.1) is 13.8 Å². The molecule has 0 unspecified atom stereocenters. The van der Waals surface area contributed by atoms with Crippen molar-refractivity contribution in [2.45, 2.75) is 24.5 Å². The molecule has 0 saturated heterocycles. The number of aryl methyl sites for hydroxylation is 2. The number of benzene rings is 2. The lowest BCUT2D eigenvalue weighted by Gasteiger charge is -2.14. The summed E-state index contributed by atoms with van der Waals surface area (Å²) in [6.07, 6.45) is 0. The third-order valence-electron chi connectivity index (χ3n) is 4.64. The Labute approximate surface area is 188 Å². The molecular formula is C23H22N4O4S. The van der Waals surface area contributed by atoms with Gasteiger partial charge in [-0.1, -0.05) is 18.2 Å². The maximum absolute atomic E-state index is 12.6. The van der Waals surface area contributed by atoms with E-state index in [1.807, 2.05) is 49.4 Å². The van der Waals surface area contributed by atoms with Crippen molar-refractivity contribution >= 4 is 34.8 Å². The van der Waals surface area contributed by atoms with Gasteiger partial charge in [-0.2, -0.15) is 0 Å². The fraction of sp³-hybridized carbons (Fsp3) is 0.174. The highest BCUT2D eigenvalue weighted by atomic mass is 32.2. The zero-order valence-corrected chi connectivity index (χ0v) is 18.7. The first-order valence-corrected chi connectivity index (χ1v) is 10.9. The molecule has 0 spiro atoms. The van der Waals surface area contributed by atoms with E-state index >= 15 is 0 Å². The number of carbonyl (C=O) groups excluding carboxylic acids is 1. The molecule has 0 radical (unpaired) electrons. The number of ether oxygens (including phenoxy) is 1. The van der Waals surface area contributed by atoms with Crippen LogP contribution in [0.15, 0.2) is 68.8 Å². The van der Waals surface area contributed by atoms with Gasteiger partial charge in [-0.3, -0.25) is 4.79 Å². The molecule has 0 aliphatic rings. The number of rotatable bonds is 6. The molecule has 4 aromatic rings. The van der Waals surface area contributed by atoms with Gasteiger partial charge in [0.05, 0.1) is 24.2 Å². The van der Waals surface area contributed by atoms with Gasteiger partial charge in [0.1, 0.15) is 11.5 Å². The van der Waals surface area contributed by atoms with Crippen molar-refractivity contribution in [3.8, 4) is 5.75 Å². The molecule has 32 heavy (non-hydrogen) atoms. The van der Waals surface area contributed by atoms with Crippen molar-refractivity contribution in [1.29, 1.82) is 0 Å². The summed E-state index contributed by atoms with van der Waals surface area (Å²) in [6, 6.07) is 15.8. The molecule has 2 heterocycles. The van der Waals surface area contributed by atoms with Crippen LogP contribution < -0.4 is 20.9 Å². The normalized spacial score (nSPS) is 10.8. The number of nitrogens with one attached hydrogen (secondary N) is 2. The highest BCUT2D eigenvalue weighted by Crippen LogP contribution is 2.30. The molecular weight excluding hydrogens is 428 g/mol. The average molecular weight is 451 g/mol. The van der Waals surface area contributed by atoms with E-state index in [1.54, 1.807) is 20.1 Å². The number of thioether (sulfide) groups is 1. The van der Waals surface area contributed by atoms with E-state index < -0.39 is 0 Å². The number of anilines is 2. The van der Waals surface area contributed by atoms with Crippen LogP contribution in [0.25, 0.3) is 5.65 Å². The van der Waals surface area contributed by atoms with Crippen molar-refractivity contribution in [2.75, 3.05) is 17.7 Å². The molecule has 2 N–H and O–H groups in total. The Morgan fingerprint density at radius 3 is 2.69 bits per heavy atom. The second-order valence-corrected chi connectivity index (χ2v) is 8.17. The molecule has 0 aliphatic carbocycles. The quantitative estimate of drug-likeness (QED) is 0.408. The Kier molecular flexibility index (Phi) is 6.18. The zero-order valence-electron chi connectivity index (χ0n) is 17.8. The van der Waals surface area contributed by atoms with Gasteiger partial charge >= 0.3 is 6.03 Å². The van der Waals surface area contributed by atoms with Crippen LogP contribution in [0.1, 0.15) is 17.0 Å². The summed E-state index contributed by atoms with van der Waals surface area (Å²) in [6.45, 7) is 3.71. The van der Waals surface area contributed by atoms with Gasteiger partial charge in [-0.15, -0.1) is 16.3 Å². The number of urea groups is 1. The molecule has 9 heteroatoms. The predicted octanol–water partition coefficient (Wildman–Crippen LogP) is 4.85. The highest BCUT2D eigenvalue weighted by molar-refractivity contribution is 7.98. The third-order valence-corrected chi connectivity index (χ3v) is 5.75. The fourth-order valence-corrected chi connectivity index (χ4v) is 4.09. The number of methoxy groups -OCH3 is 1. The second kappa shape index (κ2) is 9.19. The van der Waals surface area contributed by atoms with Gasteiger partial charge in [0.25, 0.3) is 5.56 Å². The Balaban J connectivity index is 1.48. The fourth-order valence-electron chi connectivity index (χ4n) is 3.19. The second-order valence-electron chi connectivity index (χ2n) is 7.15. The Bertz CT molecular complexity index is 1350. The summed E-state index contributed by atoms with van der Waals surface area (Å²) in [5.74, 6) is 1.66. The zero-order chi connectivity index (χ0) is 22.7. The van der Waals surface area contributed by atoms with Crippen LogP contribution in [0.2, 0.25) is 0 Å². The van der Waals surface area contributed by atoms with Gasteiger partial charge in [0.2, 0.25) is 0 Å². The summed E-state index contributed by atoms with van der Waals surface area (Å²) < 4.78 is 11.8. The van der Waals surface area contributed by atoms with E-state index in [2.05, 4.69) is 15.6 Å². The lowest BCUT2D eigenvalue weighted by atomic mass is 10.2. The molecule has 2 aromatic carbocycles. The predicted molar refractivity (Wildman–Crippen MR) is 125 cm³/mol. The van der Waals surface area contributed by atoms with Crippen molar-refractivity contribution in [1.82, 2.24) is 9.56 Å². The number of carbonyl (C=O) groups is 1. The smallest absolute Gasteiger partial charge is 0.323 e. The first-order valence-electron chi connectivity index (χ1n) is 9.87. The number of amides is 2. The van der Waals surface area contributed by atoms with E-state index in [9.17, 15) is 9.59 Å². The standard InChI is InChI=1S/C23H22N4O4S/c1-14-8-9-19(30-3)18(10-14)26-23(29)25-17-6-4-5-7-20(17)32-13-16-12-22(28)27-21(24-16)11-15(2)31-27/h4-12H,13H2,1-3H3,(H2,25,26,29). The lowest BCUT2D eigenvalue weighted by Crippen LogP contribution is -2.20. The number of para-hydroxylation sites is 1. The van der Waals surface area contributed by atoms with Crippen LogP contribution in [0.5, 0.6) is 5.75 Å². The van der Waals surface area contributed by atoms with Crippen LogP contribution in [0.4, 0.5) is 16.2 Å². The number of nitrogens with zero attached hydrogens (tertiary/aromatic N) is 2. The average Bonchev–Trinajstić information content (AvgIpc) is 3.14. The monoisotopic (exact) mass is 450 g/mol. The Morgan fingerprint density at radius 2 is 1.88 bits per heavy atom. The summed E-state index contributed by atoms with van der Waals surface area (Å²) in [4.78, 5) is 30.2. The van der Waals surface area contributed by atoms with Crippen molar-refractivity contribution in [3.05, 3.63) is 82.0 Å². The number of hydrogen-bond acceptors (Lipinski definition) is 6. The van der Waals surface area contributed by atoms with Crippen LogP contribution in [0.3, 0.4) is 0 Å². The molecule has 0 atom stereocenters.